The van der Waals surface area contributed by atoms with E-state index in [1.165, 1.54) is 6.92 Å². The van der Waals surface area contributed by atoms with Gasteiger partial charge >= 0.3 is 0 Å². The number of ether oxygens (including phenoxy) is 1. The Bertz CT molecular complexity index is 821. The number of phenols is 1. The van der Waals surface area contributed by atoms with Crippen molar-refractivity contribution < 1.29 is 19.4 Å². The van der Waals surface area contributed by atoms with Gasteiger partial charge in [0.2, 0.25) is 5.91 Å². The number of rotatable bonds is 13. The fourth-order valence-electron chi connectivity index (χ4n) is 3.26. The van der Waals surface area contributed by atoms with Crippen LogP contribution in [-0.2, 0) is 17.6 Å². The molecule has 1 amide bonds. The van der Waals surface area contributed by atoms with E-state index in [4.69, 9.17) is 4.74 Å². The first-order chi connectivity index (χ1) is 14.5. The van der Waals surface area contributed by atoms with Crippen LogP contribution >= 0.6 is 0 Å². The Labute approximate surface area is 178 Å². The minimum atomic E-state index is -0.157. The number of amides is 1. The summed E-state index contributed by atoms with van der Waals surface area (Å²) in [6.45, 7) is 4.61. The Kier molecular flexibility index (Phi) is 9.84. The smallest absolute Gasteiger partial charge is 0.220 e. The first-order valence-corrected chi connectivity index (χ1v) is 10.7. The highest BCUT2D eigenvalue weighted by atomic mass is 16.5. The first-order valence-electron chi connectivity index (χ1n) is 10.7. The molecule has 0 atom stereocenters. The predicted molar refractivity (Wildman–Crippen MR) is 117 cm³/mol. The minimum absolute atomic E-state index is 0.0327. The number of benzene rings is 1. The molecule has 6 nitrogen and oxygen atoms in total. The normalized spacial score (nSPS) is 10.6. The number of nitrogens with zero attached hydrogens (tertiary/aromatic N) is 1. The molecule has 1 aromatic carbocycles. The van der Waals surface area contributed by atoms with Gasteiger partial charge in [0, 0.05) is 30.9 Å². The lowest BCUT2D eigenvalue weighted by Crippen LogP contribution is -2.25. The number of carbonyl (C=O) groups excluding carboxylic acids is 2. The minimum Gasteiger partial charge on any atom is -0.507 e. The number of aromatic nitrogens is 1. The number of unbranched alkanes of at least 4 members (excludes halogenated alkanes) is 2. The van der Waals surface area contributed by atoms with E-state index in [0.717, 1.165) is 37.7 Å². The van der Waals surface area contributed by atoms with Crippen LogP contribution in [0.5, 0.6) is 11.5 Å². The summed E-state index contributed by atoms with van der Waals surface area (Å²) >= 11 is 0. The summed E-state index contributed by atoms with van der Waals surface area (Å²) in [7, 11) is 0. The summed E-state index contributed by atoms with van der Waals surface area (Å²) in [6.07, 6.45) is 8.84. The summed E-state index contributed by atoms with van der Waals surface area (Å²) in [4.78, 5) is 27.5. The van der Waals surface area contributed by atoms with Gasteiger partial charge in [0.15, 0.2) is 5.78 Å². The highest BCUT2D eigenvalue weighted by Gasteiger charge is 2.15. The zero-order valence-corrected chi connectivity index (χ0v) is 17.9. The average Bonchev–Trinajstić information content (AvgIpc) is 2.73. The molecule has 1 aromatic heterocycles. The standard InChI is InChI=1S/C24H32N2O4/c1-3-7-21-22(10-9-20(18(2)27)24(21)29)30-17-6-4-5-8-23(28)26-16-13-19-11-14-25-15-12-19/h9-12,14-15,29H,3-8,13,16-17H2,1-2H3,(H,26,28). The zero-order valence-electron chi connectivity index (χ0n) is 17.9. The van der Waals surface area contributed by atoms with Crippen molar-refractivity contribution in [2.75, 3.05) is 13.2 Å². The quantitative estimate of drug-likeness (QED) is 0.379. The van der Waals surface area contributed by atoms with Gasteiger partial charge in [0.25, 0.3) is 0 Å². The van der Waals surface area contributed by atoms with Gasteiger partial charge in [0.1, 0.15) is 11.5 Å². The molecule has 30 heavy (non-hydrogen) atoms. The van der Waals surface area contributed by atoms with E-state index in [2.05, 4.69) is 10.3 Å². The molecule has 0 saturated heterocycles. The van der Waals surface area contributed by atoms with Crippen molar-refractivity contribution in [3.05, 3.63) is 53.3 Å². The Balaban J connectivity index is 1.66. The molecule has 0 saturated carbocycles. The molecule has 162 valence electrons. The number of pyridine rings is 1. The van der Waals surface area contributed by atoms with E-state index in [1.807, 2.05) is 19.1 Å². The topological polar surface area (TPSA) is 88.5 Å². The maximum Gasteiger partial charge on any atom is 0.220 e. The van der Waals surface area contributed by atoms with Crippen LogP contribution in [0.3, 0.4) is 0 Å². The van der Waals surface area contributed by atoms with E-state index in [0.29, 0.717) is 42.9 Å². The monoisotopic (exact) mass is 412 g/mol. The molecule has 0 unspecified atom stereocenters. The third-order valence-electron chi connectivity index (χ3n) is 4.91. The van der Waals surface area contributed by atoms with Gasteiger partial charge in [0.05, 0.1) is 12.2 Å². The Morgan fingerprint density at radius 1 is 1.07 bits per heavy atom. The molecule has 6 heteroatoms. The number of phenolic OH excluding ortho intramolecular Hbond substituents is 1. The first kappa shape index (κ1) is 23.4. The van der Waals surface area contributed by atoms with Crippen molar-refractivity contribution >= 4 is 11.7 Å². The summed E-state index contributed by atoms with van der Waals surface area (Å²) < 4.78 is 5.85. The number of nitrogens with one attached hydrogen (secondary N) is 1. The number of Topliss-reactive ketones (excluding diaryl/α,β-unsaturated/α-hetero) is 1. The van der Waals surface area contributed by atoms with Gasteiger partial charge < -0.3 is 15.2 Å². The predicted octanol–water partition coefficient (Wildman–Crippen LogP) is 4.24. The molecule has 0 spiro atoms. The number of hydrogen-bond acceptors (Lipinski definition) is 5. The third kappa shape index (κ3) is 7.50. The van der Waals surface area contributed by atoms with Gasteiger partial charge in [-0.25, -0.2) is 0 Å². The van der Waals surface area contributed by atoms with E-state index >= 15 is 0 Å². The SMILES string of the molecule is CCCc1c(OCCCCCC(=O)NCCc2ccncc2)ccc(C(C)=O)c1O. The zero-order chi connectivity index (χ0) is 21.8. The van der Waals surface area contributed by atoms with Crippen molar-refractivity contribution in [1.82, 2.24) is 10.3 Å². The molecular weight excluding hydrogens is 380 g/mol. The maximum absolute atomic E-state index is 11.9. The van der Waals surface area contributed by atoms with Crippen LogP contribution in [-0.4, -0.2) is 34.9 Å². The highest BCUT2D eigenvalue weighted by Crippen LogP contribution is 2.33. The lowest BCUT2D eigenvalue weighted by atomic mass is 10.0. The second-order valence-electron chi connectivity index (χ2n) is 7.36. The third-order valence-corrected chi connectivity index (χ3v) is 4.91. The van der Waals surface area contributed by atoms with Gasteiger partial charge in [-0.05, 0) is 68.9 Å². The summed E-state index contributed by atoms with van der Waals surface area (Å²) in [5.74, 6) is 0.578. The van der Waals surface area contributed by atoms with Crippen LogP contribution in [0.2, 0.25) is 0 Å². The van der Waals surface area contributed by atoms with Crippen molar-refractivity contribution in [2.45, 2.75) is 58.8 Å². The number of hydrogen-bond donors (Lipinski definition) is 2. The molecule has 0 radical (unpaired) electrons. The Morgan fingerprint density at radius 3 is 2.53 bits per heavy atom. The van der Waals surface area contributed by atoms with Crippen LogP contribution in [0.1, 0.15) is 67.4 Å². The number of ketones is 1. The molecule has 0 aliphatic rings. The summed E-state index contributed by atoms with van der Waals surface area (Å²) in [5.41, 5.74) is 2.19. The van der Waals surface area contributed by atoms with Crippen molar-refractivity contribution in [1.29, 1.82) is 0 Å². The van der Waals surface area contributed by atoms with Crippen LogP contribution in [0, 0.1) is 0 Å². The fourth-order valence-corrected chi connectivity index (χ4v) is 3.26. The lowest BCUT2D eigenvalue weighted by molar-refractivity contribution is -0.121. The van der Waals surface area contributed by atoms with Crippen LogP contribution in [0.15, 0.2) is 36.7 Å². The average molecular weight is 413 g/mol. The second kappa shape index (κ2) is 12.6. The number of carbonyl (C=O) groups is 2. The molecule has 2 aromatic rings. The maximum atomic E-state index is 11.9. The molecular formula is C24H32N2O4. The van der Waals surface area contributed by atoms with Crippen LogP contribution < -0.4 is 10.1 Å². The van der Waals surface area contributed by atoms with Gasteiger partial charge in [-0.1, -0.05) is 13.3 Å². The highest BCUT2D eigenvalue weighted by molar-refractivity contribution is 5.97. The molecule has 2 rings (SSSR count). The molecule has 0 aliphatic heterocycles. The van der Waals surface area contributed by atoms with Crippen molar-refractivity contribution in [3.63, 3.8) is 0 Å². The lowest BCUT2D eigenvalue weighted by Gasteiger charge is -2.14. The molecule has 2 N–H and O–H groups in total. The number of aromatic hydroxyl groups is 1. The van der Waals surface area contributed by atoms with E-state index in [-0.39, 0.29) is 17.4 Å². The molecule has 0 bridgehead atoms. The Hall–Kier alpha value is -2.89. The largest absolute Gasteiger partial charge is 0.507 e. The van der Waals surface area contributed by atoms with Crippen molar-refractivity contribution in [2.24, 2.45) is 0 Å². The van der Waals surface area contributed by atoms with Gasteiger partial charge in [-0.15, -0.1) is 0 Å². The Morgan fingerprint density at radius 2 is 1.83 bits per heavy atom. The van der Waals surface area contributed by atoms with Gasteiger partial charge in [-0.3, -0.25) is 14.6 Å². The second-order valence-corrected chi connectivity index (χ2v) is 7.36. The molecule has 0 aliphatic carbocycles. The molecule has 0 fully saturated rings. The summed E-state index contributed by atoms with van der Waals surface area (Å²) in [5, 5.41) is 13.3. The van der Waals surface area contributed by atoms with Crippen LogP contribution in [0.4, 0.5) is 0 Å². The fraction of sp³-hybridized carbons (Fsp3) is 0.458. The molecule has 1 heterocycles. The van der Waals surface area contributed by atoms with E-state index in [1.54, 1.807) is 24.5 Å². The van der Waals surface area contributed by atoms with Crippen molar-refractivity contribution in [3.8, 4) is 11.5 Å². The van der Waals surface area contributed by atoms with Crippen LogP contribution in [0.25, 0.3) is 0 Å². The van der Waals surface area contributed by atoms with Gasteiger partial charge in [-0.2, -0.15) is 0 Å². The van der Waals surface area contributed by atoms with E-state index < -0.39 is 0 Å². The summed E-state index contributed by atoms with van der Waals surface area (Å²) in [6, 6.07) is 7.27. The van der Waals surface area contributed by atoms with E-state index in [9.17, 15) is 14.7 Å².